The first-order valence-electron chi connectivity index (χ1n) is 7.38. The van der Waals surface area contributed by atoms with E-state index >= 15 is 0 Å². The summed E-state index contributed by atoms with van der Waals surface area (Å²) in [5.74, 6) is 0.600. The standard InChI is InChI=1S/C14H21N5O3/c1-2-7-18(10-13(20)21)14(22)15-9-12-17-16-11-6-4-3-5-8-19(11)12/h2H,1,3-10H2,(H,15,22)(H,20,21). The van der Waals surface area contributed by atoms with E-state index in [0.29, 0.717) is 5.82 Å². The third kappa shape index (κ3) is 4.06. The molecule has 1 aliphatic rings. The van der Waals surface area contributed by atoms with E-state index in [4.69, 9.17) is 5.11 Å². The third-order valence-corrected chi connectivity index (χ3v) is 3.55. The van der Waals surface area contributed by atoms with Gasteiger partial charge in [0.15, 0.2) is 5.82 Å². The molecule has 0 bridgehead atoms. The van der Waals surface area contributed by atoms with Crippen molar-refractivity contribution >= 4 is 12.0 Å². The van der Waals surface area contributed by atoms with E-state index in [-0.39, 0.29) is 19.6 Å². The van der Waals surface area contributed by atoms with Crippen LogP contribution in [-0.4, -0.2) is 49.9 Å². The first kappa shape index (κ1) is 16.0. The number of hydrogen-bond donors (Lipinski definition) is 2. The maximum Gasteiger partial charge on any atom is 0.323 e. The van der Waals surface area contributed by atoms with Crippen LogP contribution in [0.1, 0.15) is 30.9 Å². The number of nitrogens with zero attached hydrogens (tertiary/aromatic N) is 4. The molecule has 1 aromatic rings. The van der Waals surface area contributed by atoms with E-state index in [9.17, 15) is 9.59 Å². The molecule has 1 aliphatic heterocycles. The number of aryl methyl sites for hydroxylation is 1. The minimum Gasteiger partial charge on any atom is -0.480 e. The van der Waals surface area contributed by atoms with Crippen LogP contribution in [0.3, 0.4) is 0 Å². The summed E-state index contributed by atoms with van der Waals surface area (Å²) in [5.41, 5.74) is 0. The molecule has 0 fully saturated rings. The lowest BCUT2D eigenvalue weighted by molar-refractivity contribution is -0.137. The number of urea groups is 1. The van der Waals surface area contributed by atoms with Gasteiger partial charge in [0.2, 0.25) is 0 Å². The quantitative estimate of drug-likeness (QED) is 0.757. The van der Waals surface area contributed by atoms with E-state index < -0.39 is 12.0 Å². The van der Waals surface area contributed by atoms with E-state index in [0.717, 1.165) is 31.6 Å². The van der Waals surface area contributed by atoms with E-state index in [2.05, 4.69) is 22.1 Å². The number of aromatic nitrogens is 3. The van der Waals surface area contributed by atoms with Gasteiger partial charge in [-0.1, -0.05) is 12.5 Å². The van der Waals surface area contributed by atoms with Crippen LogP contribution in [0.2, 0.25) is 0 Å². The number of amides is 2. The largest absolute Gasteiger partial charge is 0.480 e. The molecule has 8 nitrogen and oxygen atoms in total. The molecule has 0 saturated heterocycles. The second kappa shape index (κ2) is 7.58. The van der Waals surface area contributed by atoms with Gasteiger partial charge in [-0.2, -0.15) is 0 Å². The maximum atomic E-state index is 12.0. The highest BCUT2D eigenvalue weighted by atomic mass is 16.4. The predicted octanol–water partition coefficient (Wildman–Crippen LogP) is 0.787. The molecule has 2 heterocycles. The lowest BCUT2D eigenvalue weighted by Gasteiger charge is -2.19. The molecule has 120 valence electrons. The summed E-state index contributed by atoms with van der Waals surface area (Å²) < 4.78 is 2.04. The summed E-state index contributed by atoms with van der Waals surface area (Å²) in [6.45, 7) is 4.43. The third-order valence-electron chi connectivity index (χ3n) is 3.55. The average molecular weight is 307 g/mol. The molecular weight excluding hydrogens is 286 g/mol. The van der Waals surface area contributed by atoms with Crippen molar-refractivity contribution in [3.8, 4) is 0 Å². The zero-order chi connectivity index (χ0) is 15.9. The molecule has 8 heteroatoms. The molecular formula is C14H21N5O3. The number of aliphatic carboxylic acids is 1. The maximum absolute atomic E-state index is 12.0. The molecule has 0 atom stereocenters. The molecule has 2 rings (SSSR count). The van der Waals surface area contributed by atoms with Crippen molar-refractivity contribution in [3.63, 3.8) is 0 Å². The molecule has 22 heavy (non-hydrogen) atoms. The minimum absolute atomic E-state index is 0.177. The van der Waals surface area contributed by atoms with Gasteiger partial charge in [0.25, 0.3) is 0 Å². The molecule has 0 aliphatic carbocycles. The molecule has 0 spiro atoms. The highest BCUT2D eigenvalue weighted by molar-refractivity contribution is 5.80. The van der Waals surface area contributed by atoms with Crippen LogP contribution < -0.4 is 5.32 Å². The van der Waals surface area contributed by atoms with E-state index in [1.54, 1.807) is 0 Å². The number of hydrogen-bond acceptors (Lipinski definition) is 4. The van der Waals surface area contributed by atoms with Gasteiger partial charge in [-0.3, -0.25) is 4.79 Å². The fourth-order valence-electron chi connectivity index (χ4n) is 2.48. The SMILES string of the molecule is C=CCN(CC(=O)O)C(=O)NCc1nnc2n1CCCCC2. The molecule has 1 aromatic heterocycles. The molecule has 0 saturated carbocycles. The highest BCUT2D eigenvalue weighted by Gasteiger charge is 2.18. The van der Waals surface area contributed by atoms with E-state index in [1.165, 1.54) is 17.4 Å². The number of carbonyl (C=O) groups is 2. The Bertz CT molecular complexity index is 555. The lowest BCUT2D eigenvalue weighted by atomic mass is 10.2. The summed E-state index contributed by atoms with van der Waals surface area (Å²) in [6, 6.07) is -0.451. The van der Waals surface area contributed by atoms with Crippen LogP contribution in [0.15, 0.2) is 12.7 Å². The van der Waals surface area contributed by atoms with Crippen LogP contribution >= 0.6 is 0 Å². The van der Waals surface area contributed by atoms with Crippen LogP contribution in [0.25, 0.3) is 0 Å². The van der Waals surface area contributed by atoms with Gasteiger partial charge in [0.1, 0.15) is 12.4 Å². The Morgan fingerprint density at radius 1 is 1.36 bits per heavy atom. The molecule has 2 amide bonds. The van der Waals surface area contributed by atoms with Crippen molar-refractivity contribution < 1.29 is 14.7 Å². The Hall–Kier alpha value is -2.38. The Morgan fingerprint density at radius 2 is 2.18 bits per heavy atom. The summed E-state index contributed by atoms with van der Waals surface area (Å²) in [5, 5.41) is 19.8. The second-order valence-electron chi connectivity index (χ2n) is 5.22. The summed E-state index contributed by atoms with van der Waals surface area (Å²) in [4.78, 5) is 24.0. The van der Waals surface area contributed by atoms with Gasteiger partial charge in [0, 0.05) is 19.5 Å². The Balaban J connectivity index is 1.96. The fourth-order valence-corrected chi connectivity index (χ4v) is 2.48. The number of carboxylic acid groups (broad SMARTS) is 1. The zero-order valence-corrected chi connectivity index (χ0v) is 12.5. The van der Waals surface area contributed by atoms with Gasteiger partial charge in [-0.15, -0.1) is 16.8 Å². The number of carbonyl (C=O) groups excluding carboxylic acids is 1. The molecule has 2 N–H and O–H groups in total. The topological polar surface area (TPSA) is 100 Å². The highest BCUT2D eigenvalue weighted by Crippen LogP contribution is 2.14. The second-order valence-corrected chi connectivity index (χ2v) is 5.22. The summed E-state index contributed by atoms with van der Waals surface area (Å²) >= 11 is 0. The number of nitrogens with one attached hydrogen (secondary N) is 1. The van der Waals surface area contributed by atoms with Crippen molar-refractivity contribution in [2.45, 2.75) is 38.8 Å². The van der Waals surface area contributed by atoms with Crippen LogP contribution in [-0.2, 0) is 24.3 Å². The van der Waals surface area contributed by atoms with Crippen molar-refractivity contribution in [3.05, 3.63) is 24.3 Å². The average Bonchev–Trinajstić information content (AvgIpc) is 2.71. The van der Waals surface area contributed by atoms with Crippen LogP contribution in [0.5, 0.6) is 0 Å². The van der Waals surface area contributed by atoms with Gasteiger partial charge < -0.3 is 19.9 Å². The van der Waals surface area contributed by atoms with Crippen molar-refractivity contribution in [1.82, 2.24) is 25.0 Å². The van der Waals surface area contributed by atoms with Gasteiger partial charge >= 0.3 is 12.0 Å². The van der Waals surface area contributed by atoms with Gasteiger partial charge in [-0.25, -0.2) is 4.79 Å². The monoisotopic (exact) mass is 307 g/mol. The fraction of sp³-hybridized carbons (Fsp3) is 0.571. The van der Waals surface area contributed by atoms with Crippen LogP contribution in [0, 0.1) is 0 Å². The number of carboxylic acids is 1. The van der Waals surface area contributed by atoms with Crippen LogP contribution in [0.4, 0.5) is 4.79 Å². The Morgan fingerprint density at radius 3 is 2.91 bits per heavy atom. The zero-order valence-electron chi connectivity index (χ0n) is 12.5. The molecule has 0 radical (unpaired) electrons. The number of fused-ring (bicyclic) bond motifs is 1. The van der Waals surface area contributed by atoms with Gasteiger partial charge in [-0.05, 0) is 12.8 Å². The summed E-state index contributed by atoms with van der Waals surface area (Å²) in [6.07, 6.45) is 5.75. The Labute approximate surface area is 128 Å². The smallest absolute Gasteiger partial charge is 0.323 e. The number of rotatable bonds is 6. The molecule has 0 aromatic carbocycles. The van der Waals surface area contributed by atoms with Crippen molar-refractivity contribution in [2.24, 2.45) is 0 Å². The first-order chi connectivity index (χ1) is 10.6. The molecule has 0 unspecified atom stereocenters. The first-order valence-corrected chi connectivity index (χ1v) is 7.38. The summed E-state index contributed by atoms with van der Waals surface area (Å²) in [7, 11) is 0. The predicted molar refractivity (Wildman–Crippen MR) is 79.2 cm³/mol. The lowest BCUT2D eigenvalue weighted by Crippen LogP contribution is -2.42. The van der Waals surface area contributed by atoms with Crippen molar-refractivity contribution in [2.75, 3.05) is 13.1 Å². The minimum atomic E-state index is -1.06. The Kier molecular flexibility index (Phi) is 5.51. The normalized spacial score (nSPS) is 13.8. The van der Waals surface area contributed by atoms with Gasteiger partial charge in [0.05, 0.1) is 6.54 Å². The van der Waals surface area contributed by atoms with E-state index in [1.807, 2.05) is 4.57 Å². The van der Waals surface area contributed by atoms with Crippen molar-refractivity contribution in [1.29, 1.82) is 0 Å².